The van der Waals surface area contributed by atoms with Gasteiger partial charge in [0.1, 0.15) is 0 Å². The fraction of sp³-hybridized carbons (Fsp3) is 0.417. The van der Waals surface area contributed by atoms with Crippen molar-refractivity contribution in [3.63, 3.8) is 0 Å². The zero-order valence-corrected chi connectivity index (χ0v) is 18.6. The molecule has 2 heterocycles. The molecule has 2 amide bonds. The van der Waals surface area contributed by atoms with E-state index in [1.807, 2.05) is 24.3 Å². The first-order valence-electron chi connectivity index (χ1n) is 10.8. The topological polar surface area (TPSA) is 43.9 Å². The van der Waals surface area contributed by atoms with Gasteiger partial charge < -0.3 is 0 Å². The van der Waals surface area contributed by atoms with Gasteiger partial charge in [0.25, 0.3) is 5.91 Å². The van der Waals surface area contributed by atoms with E-state index in [1.165, 1.54) is 22.4 Å². The lowest BCUT2D eigenvalue weighted by Gasteiger charge is -2.42. The lowest BCUT2D eigenvalue weighted by atomic mass is 9.87. The van der Waals surface area contributed by atoms with Gasteiger partial charge in [0, 0.05) is 36.7 Å². The summed E-state index contributed by atoms with van der Waals surface area (Å²) >= 11 is 3.40. The molecule has 0 bridgehead atoms. The molecule has 0 radical (unpaired) electrons. The Morgan fingerprint density at radius 3 is 2.20 bits per heavy atom. The van der Waals surface area contributed by atoms with Gasteiger partial charge in [-0.05, 0) is 54.7 Å². The molecule has 0 saturated carbocycles. The van der Waals surface area contributed by atoms with E-state index in [4.69, 9.17) is 0 Å². The van der Waals surface area contributed by atoms with Crippen LogP contribution in [0.4, 0.5) is 5.69 Å². The van der Waals surface area contributed by atoms with Crippen LogP contribution in [0.2, 0.25) is 0 Å². The predicted molar refractivity (Wildman–Crippen MR) is 120 cm³/mol. The number of halogens is 1. The van der Waals surface area contributed by atoms with Gasteiger partial charge in [0.2, 0.25) is 5.91 Å². The third-order valence-electron chi connectivity index (χ3n) is 6.83. The van der Waals surface area contributed by atoms with Crippen molar-refractivity contribution in [1.29, 1.82) is 0 Å². The number of benzene rings is 2. The van der Waals surface area contributed by atoms with Crippen molar-refractivity contribution in [3.05, 3.63) is 64.1 Å². The summed E-state index contributed by atoms with van der Waals surface area (Å²) in [6.45, 7) is 3.61. The second-order valence-electron chi connectivity index (χ2n) is 8.50. The maximum absolute atomic E-state index is 13.1. The third kappa shape index (κ3) is 3.72. The molecule has 0 aromatic heterocycles. The van der Waals surface area contributed by atoms with Gasteiger partial charge in [-0.1, -0.05) is 40.2 Å². The molecule has 1 aliphatic carbocycles. The van der Waals surface area contributed by atoms with Gasteiger partial charge in [0.05, 0.1) is 18.2 Å². The van der Waals surface area contributed by atoms with Crippen LogP contribution in [0.3, 0.4) is 0 Å². The molecule has 2 aliphatic heterocycles. The second kappa shape index (κ2) is 8.25. The summed E-state index contributed by atoms with van der Waals surface area (Å²) in [4.78, 5) is 31.8. The van der Waals surface area contributed by atoms with Crippen LogP contribution in [-0.4, -0.2) is 59.9 Å². The summed E-state index contributed by atoms with van der Waals surface area (Å²) < 4.78 is 0.934. The summed E-state index contributed by atoms with van der Waals surface area (Å²) in [5.41, 5.74) is 3.64. The minimum absolute atomic E-state index is 0.0811. The Labute approximate surface area is 185 Å². The predicted octanol–water partition coefficient (Wildman–Crippen LogP) is 3.26. The van der Waals surface area contributed by atoms with Crippen LogP contribution in [0.15, 0.2) is 53.0 Å². The fourth-order valence-corrected chi connectivity index (χ4v) is 5.43. The second-order valence-corrected chi connectivity index (χ2v) is 9.42. The molecule has 2 saturated heterocycles. The normalized spacial score (nSPS) is 25.6. The SMILES string of the molecule is O=C1C[C@H](N2CCN([C@H]3CCc4ccccc4C3)CC2)C(=O)N1c1ccc(Br)cc1. The zero-order valence-electron chi connectivity index (χ0n) is 17.0. The van der Waals surface area contributed by atoms with Crippen molar-refractivity contribution in [1.82, 2.24) is 9.80 Å². The molecule has 5 rings (SSSR count). The Kier molecular flexibility index (Phi) is 5.48. The minimum atomic E-state index is -0.324. The van der Waals surface area contributed by atoms with Crippen LogP contribution in [0.25, 0.3) is 0 Å². The van der Waals surface area contributed by atoms with Crippen molar-refractivity contribution in [2.75, 3.05) is 31.1 Å². The molecular weight excluding hydrogens is 442 g/mol. The molecule has 2 fully saturated rings. The number of fused-ring (bicyclic) bond motifs is 1. The van der Waals surface area contributed by atoms with Crippen molar-refractivity contribution in [3.8, 4) is 0 Å². The number of carbonyl (C=O) groups is 2. The van der Waals surface area contributed by atoms with Gasteiger partial charge in [0.15, 0.2) is 0 Å². The lowest BCUT2D eigenvalue weighted by molar-refractivity contribution is -0.123. The summed E-state index contributed by atoms with van der Waals surface area (Å²) in [5.74, 6) is -0.180. The molecule has 30 heavy (non-hydrogen) atoms. The van der Waals surface area contributed by atoms with Gasteiger partial charge >= 0.3 is 0 Å². The van der Waals surface area contributed by atoms with Crippen LogP contribution in [0.5, 0.6) is 0 Å². The van der Waals surface area contributed by atoms with Gasteiger partial charge in [-0.15, -0.1) is 0 Å². The molecule has 156 valence electrons. The average molecular weight is 468 g/mol. The Morgan fingerprint density at radius 1 is 0.800 bits per heavy atom. The van der Waals surface area contributed by atoms with Crippen molar-refractivity contribution < 1.29 is 9.59 Å². The largest absolute Gasteiger partial charge is 0.298 e. The molecule has 2 atom stereocenters. The number of nitrogens with zero attached hydrogens (tertiary/aromatic N) is 3. The molecule has 3 aliphatic rings. The van der Waals surface area contributed by atoms with Crippen molar-refractivity contribution in [2.24, 2.45) is 0 Å². The van der Waals surface area contributed by atoms with E-state index < -0.39 is 0 Å². The van der Waals surface area contributed by atoms with E-state index in [1.54, 1.807) is 0 Å². The zero-order chi connectivity index (χ0) is 20.7. The lowest BCUT2D eigenvalue weighted by Crippen LogP contribution is -2.55. The standard InChI is InChI=1S/C24H26BrN3O2/c25-19-6-9-20(10-7-19)28-23(29)16-22(24(28)30)27-13-11-26(12-14-27)21-8-5-17-3-1-2-4-18(17)15-21/h1-4,6-7,9-10,21-22H,5,8,11-16H2/t21-,22-/m0/s1. The Bertz CT molecular complexity index is 953. The van der Waals surface area contributed by atoms with Crippen LogP contribution >= 0.6 is 15.9 Å². The number of hydrogen-bond donors (Lipinski definition) is 0. The minimum Gasteiger partial charge on any atom is -0.298 e. The molecule has 2 aromatic carbocycles. The molecular formula is C24H26BrN3O2. The molecule has 2 aromatic rings. The monoisotopic (exact) mass is 467 g/mol. The molecule has 0 unspecified atom stereocenters. The number of hydrogen-bond acceptors (Lipinski definition) is 4. The maximum atomic E-state index is 13.1. The number of imide groups is 1. The van der Waals surface area contributed by atoms with Crippen LogP contribution < -0.4 is 4.90 Å². The molecule has 0 N–H and O–H groups in total. The Hall–Kier alpha value is -2.02. The van der Waals surface area contributed by atoms with E-state index in [2.05, 4.69) is 50.0 Å². The van der Waals surface area contributed by atoms with Crippen LogP contribution in [0, 0.1) is 0 Å². The quantitative estimate of drug-likeness (QED) is 0.649. The highest BCUT2D eigenvalue weighted by Crippen LogP contribution is 2.29. The third-order valence-corrected chi connectivity index (χ3v) is 7.36. The summed E-state index contributed by atoms with van der Waals surface area (Å²) in [7, 11) is 0. The smallest absolute Gasteiger partial charge is 0.251 e. The fourth-order valence-electron chi connectivity index (χ4n) is 5.17. The van der Waals surface area contributed by atoms with Gasteiger partial charge in [-0.25, -0.2) is 4.90 Å². The number of aryl methyl sites for hydroxylation is 1. The maximum Gasteiger partial charge on any atom is 0.251 e. The van der Waals surface area contributed by atoms with Crippen LogP contribution in [-0.2, 0) is 22.4 Å². The highest BCUT2D eigenvalue weighted by Gasteiger charge is 2.43. The van der Waals surface area contributed by atoms with E-state index in [0.717, 1.165) is 43.5 Å². The average Bonchev–Trinajstić information content (AvgIpc) is 3.08. The summed E-state index contributed by atoms with van der Waals surface area (Å²) in [6.07, 6.45) is 3.76. The van der Waals surface area contributed by atoms with Crippen molar-refractivity contribution >= 4 is 33.4 Å². The van der Waals surface area contributed by atoms with E-state index in [0.29, 0.717) is 11.7 Å². The first-order chi connectivity index (χ1) is 14.6. The first-order valence-corrected chi connectivity index (χ1v) is 11.6. The molecule has 0 spiro atoms. The van der Waals surface area contributed by atoms with Gasteiger partial charge in [-0.2, -0.15) is 0 Å². The first kappa shape index (κ1) is 19.9. The Morgan fingerprint density at radius 2 is 1.47 bits per heavy atom. The number of amides is 2. The highest BCUT2D eigenvalue weighted by atomic mass is 79.9. The number of anilines is 1. The van der Waals surface area contributed by atoms with Crippen LogP contribution in [0.1, 0.15) is 24.0 Å². The van der Waals surface area contributed by atoms with E-state index in [-0.39, 0.29) is 24.3 Å². The number of carbonyl (C=O) groups excluding carboxylic acids is 2. The van der Waals surface area contributed by atoms with Crippen molar-refractivity contribution in [2.45, 2.75) is 37.8 Å². The number of rotatable bonds is 3. The van der Waals surface area contributed by atoms with Gasteiger partial charge in [-0.3, -0.25) is 19.4 Å². The Balaban J connectivity index is 1.21. The highest BCUT2D eigenvalue weighted by molar-refractivity contribution is 9.10. The van der Waals surface area contributed by atoms with E-state index in [9.17, 15) is 9.59 Å². The van der Waals surface area contributed by atoms with E-state index >= 15 is 0 Å². The molecule has 5 nitrogen and oxygen atoms in total. The summed E-state index contributed by atoms with van der Waals surface area (Å²) in [5, 5.41) is 0. The summed E-state index contributed by atoms with van der Waals surface area (Å²) in [6, 6.07) is 16.4. The molecule has 6 heteroatoms. The number of piperazine rings is 1.